The van der Waals surface area contributed by atoms with Crippen LogP contribution in [0.3, 0.4) is 0 Å². The third kappa shape index (κ3) is 3.21. The summed E-state index contributed by atoms with van der Waals surface area (Å²) in [6.07, 6.45) is 0. The van der Waals surface area contributed by atoms with Crippen molar-refractivity contribution in [3.63, 3.8) is 0 Å². The molecule has 0 atom stereocenters. The molecular weight excluding hydrogens is 402 g/mol. The van der Waals surface area contributed by atoms with Gasteiger partial charge in [0.1, 0.15) is 0 Å². The van der Waals surface area contributed by atoms with Crippen molar-refractivity contribution in [2.75, 3.05) is 5.32 Å². The molecule has 1 aliphatic rings. The Hall–Kier alpha value is -3.30. The van der Waals surface area contributed by atoms with Gasteiger partial charge >= 0.3 is 0 Å². The van der Waals surface area contributed by atoms with Crippen LogP contribution in [-0.2, 0) is 11.8 Å². The van der Waals surface area contributed by atoms with Gasteiger partial charge in [-0.25, -0.2) is 0 Å². The van der Waals surface area contributed by atoms with E-state index in [4.69, 9.17) is 11.6 Å². The number of halogens is 1. The highest BCUT2D eigenvalue weighted by atomic mass is 35.5. The van der Waals surface area contributed by atoms with Crippen molar-refractivity contribution in [1.29, 1.82) is 0 Å². The standard InChI is InChI=1S/C18H12ClN5O3S/c1-23-15(10-2-4-11(19)5-3-10)9-28-18(23)22-21-16-13-8-12(24(26)27)6-7-14(13)20-17(16)25/h2-9H,1H3,(H,20,21,25)/b22-18+. The number of nitrogens with one attached hydrogen (secondary N) is 1. The fourth-order valence-electron chi connectivity index (χ4n) is 2.79. The molecule has 0 unspecified atom stereocenters. The molecule has 4 rings (SSSR count). The molecule has 1 aromatic heterocycles. The van der Waals surface area contributed by atoms with Crippen molar-refractivity contribution in [2.24, 2.45) is 17.3 Å². The Labute approximate surface area is 167 Å². The van der Waals surface area contributed by atoms with Gasteiger partial charge in [0.05, 0.1) is 16.3 Å². The van der Waals surface area contributed by atoms with E-state index in [1.165, 1.54) is 29.5 Å². The second kappa shape index (κ2) is 7.02. The SMILES string of the molecule is Cn1c(-c2ccc(Cl)cc2)cs/c1=N/N=C1\C(=O)Nc2ccc([N+](=O)[O-])cc21. The molecule has 0 radical (unpaired) electrons. The molecule has 2 heterocycles. The number of rotatable bonds is 3. The van der Waals surface area contributed by atoms with E-state index in [0.29, 0.717) is 21.1 Å². The summed E-state index contributed by atoms with van der Waals surface area (Å²) in [5.74, 6) is -0.448. The highest BCUT2D eigenvalue weighted by Crippen LogP contribution is 2.28. The van der Waals surface area contributed by atoms with Gasteiger partial charge in [-0.2, -0.15) is 0 Å². The summed E-state index contributed by atoms with van der Waals surface area (Å²) in [6.45, 7) is 0. The van der Waals surface area contributed by atoms with E-state index >= 15 is 0 Å². The zero-order valence-electron chi connectivity index (χ0n) is 14.4. The van der Waals surface area contributed by atoms with E-state index in [1.54, 1.807) is 12.1 Å². The third-order valence-corrected chi connectivity index (χ3v) is 5.39. The van der Waals surface area contributed by atoms with Crippen molar-refractivity contribution in [3.05, 3.63) is 73.3 Å². The predicted octanol–water partition coefficient (Wildman–Crippen LogP) is 3.57. The van der Waals surface area contributed by atoms with Crippen LogP contribution in [0.15, 0.2) is 58.0 Å². The van der Waals surface area contributed by atoms with Crippen LogP contribution in [0.25, 0.3) is 11.3 Å². The van der Waals surface area contributed by atoms with Gasteiger partial charge in [-0.15, -0.1) is 21.5 Å². The highest BCUT2D eigenvalue weighted by Gasteiger charge is 2.28. The summed E-state index contributed by atoms with van der Waals surface area (Å²) in [5.41, 5.74) is 2.65. The molecule has 3 aromatic rings. The first-order chi connectivity index (χ1) is 13.4. The number of hydrogen-bond acceptors (Lipinski definition) is 6. The Morgan fingerprint density at radius 3 is 2.64 bits per heavy atom. The van der Waals surface area contributed by atoms with Gasteiger partial charge in [-0.05, 0) is 23.8 Å². The van der Waals surface area contributed by atoms with Crippen LogP contribution in [0.5, 0.6) is 0 Å². The number of aromatic nitrogens is 1. The number of carbonyl (C=O) groups excluding carboxylic acids is 1. The van der Waals surface area contributed by atoms with Crippen molar-refractivity contribution < 1.29 is 9.72 Å². The Balaban J connectivity index is 1.75. The Morgan fingerprint density at radius 1 is 1.18 bits per heavy atom. The molecule has 1 amide bonds. The molecule has 0 fully saturated rings. The lowest BCUT2D eigenvalue weighted by Gasteiger charge is -2.02. The molecular formula is C18H12ClN5O3S. The maximum absolute atomic E-state index is 12.2. The molecule has 10 heteroatoms. The van der Waals surface area contributed by atoms with Crippen LogP contribution < -0.4 is 10.1 Å². The zero-order chi connectivity index (χ0) is 19.8. The molecule has 140 valence electrons. The topological polar surface area (TPSA) is 102 Å². The van der Waals surface area contributed by atoms with Gasteiger partial charge in [0.15, 0.2) is 5.71 Å². The molecule has 28 heavy (non-hydrogen) atoms. The van der Waals surface area contributed by atoms with E-state index in [2.05, 4.69) is 15.5 Å². The Morgan fingerprint density at radius 2 is 1.93 bits per heavy atom. The van der Waals surface area contributed by atoms with Crippen LogP contribution >= 0.6 is 22.9 Å². The van der Waals surface area contributed by atoms with E-state index < -0.39 is 10.8 Å². The summed E-state index contributed by atoms with van der Waals surface area (Å²) in [4.78, 5) is 23.2. The molecule has 0 spiro atoms. The van der Waals surface area contributed by atoms with E-state index in [-0.39, 0.29) is 11.4 Å². The lowest BCUT2D eigenvalue weighted by Crippen LogP contribution is -2.15. The van der Waals surface area contributed by atoms with Crippen LogP contribution in [-0.4, -0.2) is 21.1 Å². The molecule has 1 N–H and O–H groups in total. The van der Waals surface area contributed by atoms with Crippen molar-refractivity contribution >= 4 is 45.9 Å². The number of amides is 1. The van der Waals surface area contributed by atoms with E-state index in [9.17, 15) is 14.9 Å². The van der Waals surface area contributed by atoms with Gasteiger partial charge in [0.2, 0.25) is 4.80 Å². The van der Waals surface area contributed by atoms with Gasteiger partial charge < -0.3 is 9.88 Å². The van der Waals surface area contributed by atoms with Gasteiger partial charge in [-0.1, -0.05) is 23.7 Å². The second-order valence-corrected chi connectivity index (χ2v) is 7.23. The number of carbonyl (C=O) groups is 1. The van der Waals surface area contributed by atoms with Crippen LogP contribution in [0.1, 0.15) is 5.56 Å². The van der Waals surface area contributed by atoms with Crippen molar-refractivity contribution in [3.8, 4) is 11.3 Å². The minimum Gasteiger partial charge on any atom is -0.320 e. The maximum atomic E-state index is 12.2. The fraction of sp³-hybridized carbons (Fsp3) is 0.0556. The number of non-ortho nitro benzene ring substituents is 1. The molecule has 0 saturated carbocycles. The maximum Gasteiger partial charge on any atom is 0.276 e. The molecule has 0 aliphatic carbocycles. The van der Waals surface area contributed by atoms with Crippen molar-refractivity contribution in [2.45, 2.75) is 0 Å². The average Bonchev–Trinajstić information content (AvgIpc) is 3.19. The molecule has 8 nitrogen and oxygen atoms in total. The third-order valence-electron chi connectivity index (χ3n) is 4.23. The molecule has 1 aliphatic heterocycles. The van der Waals surface area contributed by atoms with Crippen molar-refractivity contribution in [1.82, 2.24) is 4.57 Å². The minimum absolute atomic E-state index is 0.0418. The van der Waals surface area contributed by atoms with E-state index in [1.807, 2.05) is 29.1 Å². The summed E-state index contributed by atoms with van der Waals surface area (Å²) >= 11 is 7.30. The Kier molecular flexibility index (Phi) is 4.54. The van der Waals surface area contributed by atoms with Crippen LogP contribution in [0, 0.1) is 10.1 Å². The summed E-state index contributed by atoms with van der Waals surface area (Å²) in [7, 11) is 1.84. The largest absolute Gasteiger partial charge is 0.320 e. The minimum atomic E-state index is -0.518. The lowest BCUT2D eigenvalue weighted by atomic mass is 10.1. The zero-order valence-corrected chi connectivity index (χ0v) is 16.0. The normalized spacial score (nSPS) is 15.0. The summed E-state index contributed by atoms with van der Waals surface area (Å²) in [5, 5.41) is 24.5. The number of benzene rings is 2. The first kappa shape index (κ1) is 18.1. The molecule has 0 saturated heterocycles. The highest BCUT2D eigenvalue weighted by molar-refractivity contribution is 7.07. The first-order valence-electron chi connectivity index (χ1n) is 8.06. The summed E-state index contributed by atoms with van der Waals surface area (Å²) < 4.78 is 1.85. The summed E-state index contributed by atoms with van der Waals surface area (Å²) in [6, 6.07) is 11.5. The monoisotopic (exact) mass is 413 g/mol. The van der Waals surface area contributed by atoms with Gasteiger partial charge in [0, 0.05) is 35.1 Å². The van der Waals surface area contributed by atoms with Crippen LogP contribution in [0.2, 0.25) is 5.02 Å². The second-order valence-electron chi connectivity index (χ2n) is 5.96. The van der Waals surface area contributed by atoms with E-state index in [0.717, 1.165) is 11.3 Å². The predicted molar refractivity (Wildman–Crippen MR) is 108 cm³/mol. The number of nitro groups is 1. The first-order valence-corrected chi connectivity index (χ1v) is 9.32. The number of anilines is 1. The lowest BCUT2D eigenvalue weighted by molar-refractivity contribution is -0.384. The quantitative estimate of drug-likeness (QED) is 0.524. The van der Waals surface area contributed by atoms with Gasteiger partial charge in [0.25, 0.3) is 11.6 Å². The number of fused-ring (bicyclic) bond motifs is 1. The average molecular weight is 414 g/mol. The number of hydrogen-bond donors (Lipinski definition) is 1. The van der Waals surface area contributed by atoms with Crippen LogP contribution in [0.4, 0.5) is 11.4 Å². The smallest absolute Gasteiger partial charge is 0.276 e. The number of nitrogens with zero attached hydrogens (tertiary/aromatic N) is 4. The fourth-order valence-corrected chi connectivity index (χ4v) is 3.77. The molecule has 2 aromatic carbocycles. The van der Waals surface area contributed by atoms with Gasteiger partial charge in [-0.3, -0.25) is 14.9 Å². The number of thiazole rings is 1. The Bertz CT molecular complexity index is 1210. The number of nitro benzene ring substituents is 1. The molecule has 0 bridgehead atoms.